The van der Waals surface area contributed by atoms with E-state index in [9.17, 15) is 4.79 Å². The molecule has 1 aromatic heterocycles. The van der Waals surface area contributed by atoms with Crippen LogP contribution < -0.4 is 5.32 Å². The standard InChI is InChI=1S/C22H29N3O/c1-21(2)13-18(24-20(26)9-10-22(3)11-12-22)17-15-23-25(19(17)14-21)16-7-5-4-6-8-16/h4-8,15,18H,9-14H2,1-3H3,(H,24,26). The number of benzene rings is 1. The van der Waals surface area contributed by atoms with Crippen molar-refractivity contribution in [1.29, 1.82) is 0 Å². The number of carbonyl (C=O) groups is 1. The fourth-order valence-corrected chi connectivity index (χ4v) is 4.11. The fourth-order valence-electron chi connectivity index (χ4n) is 4.11. The molecule has 26 heavy (non-hydrogen) atoms. The van der Waals surface area contributed by atoms with E-state index in [4.69, 9.17) is 0 Å². The summed E-state index contributed by atoms with van der Waals surface area (Å²) in [6.07, 6.45) is 8.06. The van der Waals surface area contributed by atoms with Crippen LogP contribution in [0.5, 0.6) is 0 Å². The van der Waals surface area contributed by atoms with Crippen LogP contribution in [0.4, 0.5) is 0 Å². The quantitative estimate of drug-likeness (QED) is 0.857. The van der Waals surface area contributed by atoms with Crippen LogP contribution in [-0.4, -0.2) is 15.7 Å². The van der Waals surface area contributed by atoms with Crippen molar-refractivity contribution >= 4 is 5.91 Å². The number of nitrogens with zero attached hydrogens (tertiary/aromatic N) is 2. The van der Waals surface area contributed by atoms with Gasteiger partial charge in [-0.15, -0.1) is 0 Å². The Hall–Kier alpha value is -2.10. The molecule has 1 aromatic carbocycles. The predicted molar refractivity (Wildman–Crippen MR) is 103 cm³/mol. The van der Waals surface area contributed by atoms with Gasteiger partial charge in [0, 0.05) is 12.0 Å². The molecule has 1 amide bonds. The van der Waals surface area contributed by atoms with Crippen molar-refractivity contribution in [2.75, 3.05) is 0 Å². The summed E-state index contributed by atoms with van der Waals surface area (Å²) in [5, 5.41) is 7.96. The Kier molecular flexibility index (Phi) is 4.17. The predicted octanol–water partition coefficient (Wildman–Crippen LogP) is 4.58. The highest BCUT2D eigenvalue weighted by Crippen LogP contribution is 2.49. The van der Waals surface area contributed by atoms with Crippen LogP contribution in [0.15, 0.2) is 36.5 Å². The topological polar surface area (TPSA) is 46.9 Å². The fraction of sp³-hybridized carbons (Fsp3) is 0.545. The normalized spacial score (nSPS) is 22.5. The van der Waals surface area contributed by atoms with Gasteiger partial charge in [-0.2, -0.15) is 5.10 Å². The van der Waals surface area contributed by atoms with Gasteiger partial charge in [0.05, 0.1) is 23.6 Å². The Morgan fingerprint density at radius 2 is 1.96 bits per heavy atom. The maximum Gasteiger partial charge on any atom is 0.220 e. The lowest BCUT2D eigenvalue weighted by molar-refractivity contribution is -0.122. The highest BCUT2D eigenvalue weighted by atomic mass is 16.1. The van der Waals surface area contributed by atoms with Crippen molar-refractivity contribution < 1.29 is 4.79 Å². The number of carbonyl (C=O) groups excluding carboxylic acids is 1. The lowest BCUT2D eigenvalue weighted by Gasteiger charge is -2.36. The number of hydrogen-bond acceptors (Lipinski definition) is 2. The van der Waals surface area contributed by atoms with Crippen LogP contribution in [0.2, 0.25) is 0 Å². The number of hydrogen-bond donors (Lipinski definition) is 1. The van der Waals surface area contributed by atoms with Gasteiger partial charge in [0.1, 0.15) is 0 Å². The van der Waals surface area contributed by atoms with Crippen molar-refractivity contribution in [2.45, 2.75) is 65.3 Å². The molecule has 138 valence electrons. The number of aromatic nitrogens is 2. The molecule has 2 aliphatic rings. The third-order valence-corrected chi connectivity index (χ3v) is 6.07. The molecule has 4 heteroatoms. The van der Waals surface area contributed by atoms with E-state index >= 15 is 0 Å². The SMILES string of the molecule is CC1(C)Cc2c(cnn2-c2ccccc2)C(NC(=O)CCC2(C)CC2)C1. The Bertz CT molecular complexity index is 802. The summed E-state index contributed by atoms with van der Waals surface area (Å²) in [5.74, 6) is 0.180. The lowest BCUT2D eigenvalue weighted by atomic mass is 9.74. The van der Waals surface area contributed by atoms with E-state index in [2.05, 4.69) is 43.3 Å². The van der Waals surface area contributed by atoms with Crippen LogP contribution in [0.3, 0.4) is 0 Å². The first-order valence-electron chi connectivity index (χ1n) is 9.77. The summed E-state index contributed by atoms with van der Waals surface area (Å²) in [5.41, 5.74) is 4.05. The molecule has 1 N–H and O–H groups in total. The van der Waals surface area contributed by atoms with Crippen LogP contribution in [0.1, 0.15) is 70.2 Å². The Morgan fingerprint density at radius 1 is 1.23 bits per heavy atom. The number of amides is 1. The van der Waals surface area contributed by atoms with Gasteiger partial charge in [0.25, 0.3) is 0 Å². The minimum atomic E-state index is 0.0609. The third-order valence-electron chi connectivity index (χ3n) is 6.07. The maximum atomic E-state index is 12.5. The summed E-state index contributed by atoms with van der Waals surface area (Å²) in [7, 11) is 0. The average Bonchev–Trinajstić information content (AvgIpc) is 3.19. The van der Waals surface area contributed by atoms with E-state index in [0.29, 0.717) is 11.8 Å². The van der Waals surface area contributed by atoms with Crippen LogP contribution in [0.25, 0.3) is 5.69 Å². The van der Waals surface area contributed by atoms with E-state index in [1.165, 1.54) is 24.1 Å². The van der Waals surface area contributed by atoms with Gasteiger partial charge in [0.15, 0.2) is 0 Å². The third kappa shape index (κ3) is 3.55. The Morgan fingerprint density at radius 3 is 2.65 bits per heavy atom. The second-order valence-corrected chi connectivity index (χ2v) is 9.27. The monoisotopic (exact) mass is 351 g/mol. The van der Waals surface area contributed by atoms with Crippen molar-refractivity contribution in [3.8, 4) is 5.69 Å². The molecule has 2 aromatic rings. The molecular weight excluding hydrogens is 322 g/mol. The molecule has 1 fully saturated rings. The maximum absolute atomic E-state index is 12.5. The second-order valence-electron chi connectivity index (χ2n) is 9.27. The Balaban J connectivity index is 1.56. The summed E-state index contributed by atoms with van der Waals surface area (Å²) in [6.45, 7) is 6.84. The molecule has 1 unspecified atom stereocenters. The van der Waals surface area contributed by atoms with Gasteiger partial charge < -0.3 is 5.32 Å². The number of para-hydroxylation sites is 1. The first-order chi connectivity index (χ1) is 12.4. The molecule has 0 saturated heterocycles. The highest BCUT2D eigenvalue weighted by molar-refractivity contribution is 5.76. The highest BCUT2D eigenvalue weighted by Gasteiger charge is 2.38. The number of nitrogens with one attached hydrogen (secondary N) is 1. The molecule has 1 saturated carbocycles. The lowest BCUT2D eigenvalue weighted by Crippen LogP contribution is -2.36. The largest absolute Gasteiger partial charge is 0.349 e. The zero-order chi connectivity index (χ0) is 18.4. The van der Waals surface area contributed by atoms with Gasteiger partial charge in [-0.05, 0) is 55.1 Å². The van der Waals surface area contributed by atoms with E-state index in [1.807, 2.05) is 29.1 Å². The molecule has 1 heterocycles. The molecule has 2 aliphatic carbocycles. The Labute approximate surface area is 156 Å². The van der Waals surface area contributed by atoms with Gasteiger partial charge in [-0.1, -0.05) is 39.0 Å². The molecule has 0 spiro atoms. The van der Waals surface area contributed by atoms with E-state index in [0.717, 1.165) is 24.9 Å². The van der Waals surface area contributed by atoms with Crippen molar-refractivity contribution in [1.82, 2.24) is 15.1 Å². The molecule has 0 bridgehead atoms. The van der Waals surface area contributed by atoms with Gasteiger partial charge in [-0.25, -0.2) is 4.68 Å². The van der Waals surface area contributed by atoms with E-state index in [-0.39, 0.29) is 17.4 Å². The summed E-state index contributed by atoms with van der Waals surface area (Å²) in [4.78, 5) is 12.5. The van der Waals surface area contributed by atoms with Crippen molar-refractivity contribution in [3.05, 3.63) is 47.8 Å². The van der Waals surface area contributed by atoms with Crippen LogP contribution in [-0.2, 0) is 11.2 Å². The van der Waals surface area contributed by atoms with Crippen LogP contribution in [0, 0.1) is 10.8 Å². The molecule has 0 radical (unpaired) electrons. The zero-order valence-electron chi connectivity index (χ0n) is 16.1. The minimum absolute atomic E-state index is 0.0609. The molecule has 1 atom stereocenters. The van der Waals surface area contributed by atoms with Gasteiger partial charge in [-0.3, -0.25) is 4.79 Å². The molecule has 4 rings (SSSR count). The summed E-state index contributed by atoms with van der Waals surface area (Å²) in [6, 6.07) is 10.3. The number of rotatable bonds is 5. The average molecular weight is 351 g/mol. The summed E-state index contributed by atoms with van der Waals surface area (Å²) >= 11 is 0. The molecule has 0 aliphatic heterocycles. The van der Waals surface area contributed by atoms with Gasteiger partial charge >= 0.3 is 0 Å². The van der Waals surface area contributed by atoms with Crippen molar-refractivity contribution in [2.24, 2.45) is 10.8 Å². The first-order valence-corrected chi connectivity index (χ1v) is 9.77. The van der Waals surface area contributed by atoms with Gasteiger partial charge in [0.2, 0.25) is 5.91 Å². The minimum Gasteiger partial charge on any atom is -0.349 e. The van der Waals surface area contributed by atoms with E-state index in [1.54, 1.807) is 0 Å². The van der Waals surface area contributed by atoms with Crippen LogP contribution >= 0.6 is 0 Å². The van der Waals surface area contributed by atoms with E-state index < -0.39 is 0 Å². The van der Waals surface area contributed by atoms with Crippen molar-refractivity contribution in [3.63, 3.8) is 0 Å². The first kappa shape index (κ1) is 17.3. The number of fused-ring (bicyclic) bond motifs is 1. The second kappa shape index (κ2) is 6.26. The smallest absolute Gasteiger partial charge is 0.220 e. The molecule has 4 nitrogen and oxygen atoms in total. The zero-order valence-corrected chi connectivity index (χ0v) is 16.1. The molecular formula is C22H29N3O. The summed E-state index contributed by atoms with van der Waals surface area (Å²) < 4.78 is 2.04.